The number of aryl methyl sites for hydroxylation is 1. The van der Waals surface area contributed by atoms with Gasteiger partial charge in [-0.1, -0.05) is 12.1 Å². The molecule has 1 aliphatic heterocycles. The molecule has 1 aliphatic rings. The minimum Gasteiger partial charge on any atom is -0.491 e. The van der Waals surface area contributed by atoms with Crippen LogP contribution in [0.25, 0.3) is 55.8 Å². The number of aromatic nitrogens is 6. The highest BCUT2D eigenvalue weighted by Gasteiger charge is 2.17. The van der Waals surface area contributed by atoms with Crippen LogP contribution in [0.3, 0.4) is 0 Å². The molecule has 9 heteroatoms. The lowest BCUT2D eigenvalue weighted by Gasteiger charge is -2.15. The predicted octanol–water partition coefficient (Wildman–Crippen LogP) is 6.15. The number of nitrogens with one attached hydrogen (secondary N) is 2. The number of hydrogen-bond acceptors (Lipinski definition) is 6. The largest absolute Gasteiger partial charge is 0.491 e. The Kier molecular flexibility index (Phi) is 6.20. The van der Waals surface area contributed by atoms with E-state index < -0.39 is 0 Å². The highest BCUT2D eigenvalue weighted by Crippen LogP contribution is 2.33. The average molecular weight is 534 g/mol. The van der Waals surface area contributed by atoms with Crippen molar-refractivity contribution in [2.75, 3.05) is 26.2 Å². The summed E-state index contributed by atoms with van der Waals surface area (Å²) in [5.41, 5.74) is 7.26. The van der Waals surface area contributed by atoms with E-state index in [2.05, 4.69) is 36.1 Å². The first-order chi connectivity index (χ1) is 19.6. The molecule has 0 amide bonds. The van der Waals surface area contributed by atoms with Crippen LogP contribution >= 0.6 is 0 Å². The van der Waals surface area contributed by atoms with Crippen LogP contribution in [0, 0.1) is 12.7 Å². The first-order valence-electron chi connectivity index (χ1n) is 13.5. The topological polar surface area (TPSA) is 95.6 Å². The van der Waals surface area contributed by atoms with E-state index in [1.165, 1.54) is 25.0 Å². The fourth-order valence-corrected chi connectivity index (χ4v) is 5.48. The lowest BCUT2D eigenvalue weighted by molar-refractivity contribution is 0.237. The number of rotatable bonds is 7. The summed E-state index contributed by atoms with van der Waals surface area (Å²) in [6, 6.07) is 15.0. The van der Waals surface area contributed by atoms with Gasteiger partial charge in [-0.15, -0.1) is 0 Å². The average Bonchev–Trinajstić information content (AvgIpc) is 3.71. The smallest absolute Gasteiger partial charge is 0.178 e. The molecule has 0 aliphatic carbocycles. The quantitative estimate of drug-likeness (QED) is 0.256. The summed E-state index contributed by atoms with van der Waals surface area (Å²) < 4.78 is 20.2. The van der Waals surface area contributed by atoms with Crippen LogP contribution in [-0.4, -0.2) is 61.3 Å². The maximum absolute atomic E-state index is 14.2. The molecule has 40 heavy (non-hydrogen) atoms. The number of hydrogen-bond donors (Lipinski definition) is 2. The number of ether oxygens (including phenoxy) is 1. The summed E-state index contributed by atoms with van der Waals surface area (Å²) in [4.78, 5) is 19.4. The van der Waals surface area contributed by atoms with Gasteiger partial charge in [-0.2, -0.15) is 5.10 Å². The van der Waals surface area contributed by atoms with Gasteiger partial charge in [-0.3, -0.25) is 15.0 Å². The van der Waals surface area contributed by atoms with E-state index in [1.807, 2.05) is 43.5 Å². The van der Waals surface area contributed by atoms with Gasteiger partial charge in [-0.05, 0) is 85.9 Å². The van der Waals surface area contributed by atoms with E-state index in [-0.39, 0.29) is 5.82 Å². The zero-order valence-corrected chi connectivity index (χ0v) is 22.1. The highest BCUT2D eigenvalue weighted by molar-refractivity contribution is 5.97. The van der Waals surface area contributed by atoms with E-state index in [4.69, 9.17) is 9.72 Å². The summed E-state index contributed by atoms with van der Waals surface area (Å²) in [6.07, 6.45) is 7.83. The molecule has 2 aromatic carbocycles. The molecule has 0 atom stereocenters. The molecule has 1 fully saturated rings. The van der Waals surface area contributed by atoms with Gasteiger partial charge in [0.2, 0.25) is 0 Å². The van der Waals surface area contributed by atoms with Gasteiger partial charge >= 0.3 is 0 Å². The van der Waals surface area contributed by atoms with Crippen LogP contribution < -0.4 is 4.74 Å². The molecule has 6 aromatic rings. The predicted molar refractivity (Wildman–Crippen MR) is 154 cm³/mol. The molecule has 4 aromatic heterocycles. The number of halogens is 1. The molecule has 8 nitrogen and oxygen atoms in total. The maximum Gasteiger partial charge on any atom is 0.178 e. The summed E-state index contributed by atoms with van der Waals surface area (Å²) in [7, 11) is 0. The Hall–Kier alpha value is -4.63. The van der Waals surface area contributed by atoms with Crippen molar-refractivity contribution < 1.29 is 9.13 Å². The minimum atomic E-state index is -0.277. The SMILES string of the molecule is Cc1cc(F)cc(-c2ccnc3nc(-c4n[nH]c5ccc(-c6cncc(OCCN7CCCC7)c6)cc45)[nH]c23)c1. The molecule has 0 radical (unpaired) electrons. The Labute approximate surface area is 230 Å². The highest BCUT2D eigenvalue weighted by atomic mass is 19.1. The van der Waals surface area contributed by atoms with Crippen LogP contribution in [0.2, 0.25) is 0 Å². The molecule has 5 heterocycles. The fraction of sp³-hybridized carbons (Fsp3) is 0.226. The van der Waals surface area contributed by atoms with E-state index >= 15 is 0 Å². The van der Waals surface area contributed by atoms with Gasteiger partial charge in [0.05, 0.1) is 17.2 Å². The lowest BCUT2D eigenvalue weighted by Crippen LogP contribution is -2.25. The normalized spacial score (nSPS) is 13.9. The lowest BCUT2D eigenvalue weighted by atomic mass is 10.0. The van der Waals surface area contributed by atoms with Crippen molar-refractivity contribution in [1.82, 2.24) is 35.0 Å². The van der Waals surface area contributed by atoms with Crippen LogP contribution in [-0.2, 0) is 0 Å². The van der Waals surface area contributed by atoms with Crippen molar-refractivity contribution >= 4 is 22.1 Å². The Morgan fingerprint density at radius 3 is 2.75 bits per heavy atom. The third-order valence-corrected chi connectivity index (χ3v) is 7.45. The number of nitrogens with zero attached hydrogens (tertiary/aromatic N) is 5. The molecule has 2 N–H and O–H groups in total. The number of aromatic amines is 2. The molecule has 200 valence electrons. The van der Waals surface area contributed by atoms with Gasteiger partial charge in [0.25, 0.3) is 0 Å². The van der Waals surface area contributed by atoms with Crippen LogP contribution in [0.4, 0.5) is 4.39 Å². The minimum absolute atomic E-state index is 0.277. The van der Waals surface area contributed by atoms with Gasteiger partial charge in [-0.25, -0.2) is 14.4 Å². The van der Waals surface area contributed by atoms with Crippen LogP contribution in [0.1, 0.15) is 18.4 Å². The summed E-state index contributed by atoms with van der Waals surface area (Å²) in [6.45, 7) is 5.76. The van der Waals surface area contributed by atoms with Gasteiger partial charge in [0, 0.05) is 35.5 Å². The Morgan fingerprint density at radius 1 is 0.975 bits per heavy atom. The third-order valence-electron chi connectivity index (χ3n) is 7.45. The molecule has 0 saturated carbocycles. The zero-order valence-electron chi connectivity index (χ0n) is 22.1. The first-order valence-corrected chi connectivity index (χ1v) is 13.5. The second kappa shape index (κ2) is 10.2. The number of fused-ring (bicyclic) bond motifs is 2. The van der Waals surface area contributed by atoms with Crippen molar-refractivity contribution in [1.29, 1.82) is 0 Å². The van der Waals surface area contributed by atoms with E-state index in [9.17, 15) is 4.39 Å². The van der Waals surface area contributed by atoms with E-state index in [0.29, 0.717) is 23.8 Å². The molecule has 1 saturated heterocycles. The molecule has 0 unspecified atom stereocenters. The van der Waals surface area contributed by atoms with Crippen molar-refractivity contribution in [2.24, 2.45) is 0 Å². The number of H-pyrrole nitrogens is 2. The summed E-state index contributed by atoms with van der Waals surface area (Å²) >= 11 is 0. The van der Waals surface area contributed by atoms with Gasteiger partial charge in [0.1, 0.15) is 23.9 Å². The van der Waals surface area contributed by atoms with Crippen molar-refractivity contribution in [3.05, 3.63) is 78.5 Å². The maximum atomic E-state index is 14.2. The molecular weight excluding hydrogens is 505 g/mol. The second-order valence-electron chi connectivity index (χ2n) is 10.3. The molecule has 0 spiro atoms. The summed E-state index contributed by atoms with van der Waals surface area (Å²) in [5.74, 6) is 1.07. The Morgan fingerprint density at radius 2 is 1.88 bits per heavy atom. The van der Waals surface area contributed by atoms with Crippen molar-refractivity contribution in [2.45, 2.75) is 19.8 Å². The Bertz CT molecular complexity index is 1820. The monoisotopic (exact) mass is 533 g/mol. The van der Waals surface area contributed by atoms with Crippen molar-refractivity contribution in [3.8, 4) is 39.5 Å². The standard InChI is InChI=1S/C31H28FN7O/c1-19-12-21(14-23(32)13-19)25-6-7-34-30-28(25)35-31(36-30)29-26-16-20(4-5-27(26)37-38-29)22-15-24(18-33-17-22)40-11-10-39-8-2-3-9-39/h4-7,12-18H,2-3,8-11H2,1H3,(H,37,38)(H,34,35,36). The van der Waals surface area contributed by atoms with Gasteiger partial charge in [0.15, 0.2) is 11.5 Å². The number of likely N-dealkylation sites (tertiary alicyclic amines) is 1. The molecule has 0 bridgehead atoms. The fourth-order valence-electron chi connectivity index (χ4n) is 5.48. The third kappa shape index (κ3) is 4.69. The van der Waals surface area contributed by atoms with Crippen molar-refractivity contribution in [3.63, 3.8) is 0 Å². The van der Waals surface area contributed by atoms with E-state index in [1.54, 1.807) is 12.4 Å². The Balaban J connectivity index is 1.21. The number of benzene rings is 2. The first kappa shape index (κ1) is 24.4. The second-order valence-corrected chi connectivity index (χ2v) is 10.3. The zero-order chi connectivity index (χ0) is 27.1. The number of pyridine rings is 2. The van der Waals surface area contributed by atoms with Crippen LogP contribution in [0.5, 0.6) is 5.75 Å². The van der Waals surface area contributed by atoms with E-state index in [0.717, 1.165) is 69.6 Å². The molecular formula is C31H28FN7O. The van der Waals surface area contributed by atoms with Gasteiger partial charge < -0.3 is 9.72 Å². The summed E-state index contributed by atoms with van der Waals surface area (Å²) in [5, 5.41) is 8.60. The molecule has 7 rings (SSSR count). The van der Waals surface area contributed by atoms with Crippen LogP contribution in [0.15, 0.2) is 67.1 Å². The number of imidazole rings is 1.